The summed E-state index contributed by atoms with van der Waals surface area (Å²) in [4.78, 5) is 12.6. The molecule has 0 saturated carbocycles. The van der Waals surface area contributed by atoms with Crippen molar-refractivity contribution in [3.63, 3.8) is 0 Å². The summed E-state index contributed by atoms with van der Waals surface area (Å²) in [5, 5.41) is 9.45. The molecule has 0 saturated heterocycles. The Morgan fingerprint density at radius 3 is 2.19 bits per heavy atom. The number of nitrogens with one attached hydrogen (secondary N) is 2. The summed E-state index contributed by atoms with van der Waals surface area (Å²) in [6.07, 6.45) is -3.90. The molecule has 1 aromatic heterocycles. The number of hydrogen-bond acceptors (Lipinski definition) is 3. The number of aromatic nitrogens is 2. The third kappa shape index (κ3) is 6.11. The zero-order valence-corrected chi connectivity index (χ0v) is 18.0. The molecule has 0 radical (unpaired) electrons. The quantitative estimate of drug-likeness (QED) is 0.451. The summed E-state index contributed by atoms with van der Waals surface area (Å²) in [5.41, 5.74) is -0.176. The van der Waals surface area contributed by atoms with Gasteiger partial charge in [0.2, 0.25) is 0 Å². The van der Waals surface area contributed by atoms with Gasteiger partial charge in [0, 0.05) is 22.1 Å². The molecule has 2 N–H and O–H groups in total. The summed E-state index contributed by atoms with van der Waals surface area (Å²) in [6.45, 7) is 9.44. The molecule has 5 nitrogen and oxygen atoms in total. The van der Waals surface area contributed by atoms with Gasteiger partial charge in [-0.1, -0.05) is 50.2 Å². The van der Waals surface area contributed by atoms with Crippen molar-refractivity contribution in [3.8, 4) is 5.69 Å². The first-order chi connectivity index (χ1) is 14.6. The van der Waals surface area contributed by atoms with Crippen LogP contribution in [0.1, 0.15) is 36.8 Å². The van der Waals surface area contributed by atoms with Crippen LogP contribution < -0.4 is 10.6 Å². The van der Waals surface area contributed by atoms with Gasteiger partial charge in [-0.3, -0.25) is 4.79 Å². The molecule has 0 fully saturated rings. The fourth-order valence-electron chi connectivity index (χ4n) is 2.73. The maximum absolute atomic E-state index is 13.7. The van der Waals surface area contributed by atoms with Gasteiger partial charge in [-0.15, -0.1) is 0 Å². The van der Waals surface area contributed by atoms with E-state index >= 15 is 0 Å². The number of carbonyl (C=O) groups excluding carboxylic acids is 1. The van der Waals surface area contributed by atoms with Crippen LogP contribution in [-0.4, -0.2) is 15.7 Å². The molecule has 0 unspecified atom stereocenters. The van der Waals surface area contributed by atoms with Crippen LogP contribution in [0.4, 0.5) is 24.5 Å². The molecule has 0 atom stereocenters. The van der Waals surface area contributed by atoms with Crippen molar-refractivity contribution in [1.29, 1.82) is 0 Å². The Labute approximate surface area is 183 Å². The number of allylic oxidation sites excluding steroid dienone is 1. The van der Waals surface area contributed by atoms with Crippen LogP contribution in [0.15, 0.2) is 67.0 Å². The first kappa shape index (κ1) is 24.0. The van der Waals surface area contributed by atoms with Gasteiger partial charge in [0.1, 0.15) is 0 Å². The number of para-hydroxylation sites is 1. The lowest BCUT2D eigenvalue weighted by molar-refractivity contribution is -0.143. The number of benzene rings is 2. The van der Waals surface area contributed by atoms with Crippen molar-refractivity contribution >= 4 is 28.9 Å². The van der Waals surface area contributed by atoms with E-state index in [1.54, 1.807) is 31.2 Å². The maximum atomic E-state index is 13.7. The smallest absolute Gasteiger partial charge is 0.360 e. The van der Waals surface area contributed by atoms with E-state index in [1.165, 1.54) is 24.3 Å². The zero-order chi connectivity index (χ0) is 23.2. The number of nitrogens with zero attached hydrogens (tertiary/aromatic N) is 2. The van der Waals surface area contributed by atoms with E-state index in [1.807, 2.05) is 13.8 Å². The number of halogens is 4. The van der Waals surface area contributed by atoms with Gasteiger partial charge >= 0.3 is 6.18 Å². The highest BCUT2D eigenvalue weighted by molar-refractivity contribution is 6.31. The summed E-state index contributed by atoms with van der Waals surface area (Å²) in [6, 6.07) is 12.3. The second kappa shape index (κ2) is 10.2. The maximum Gasteiger partial charge on any atom is 0.434 e. The average molecular weight is 451 g/mol. The number of anilines is 2. The first-order valence-electron chi connectivity index (χ1n) is 9.40. The lowest BCUT2D eigenvalue weighted by Gasteiger charge is -2.13. The highest BCUT2D eigenvalue weighted by atomic mass is 35.5. The van der Waals surface area contributed by atoms with E-state index in [4.69, 9.17) is 11.6 Å². The molecule has 1 heterocycles. The molecule has 0 aliphatic carbocycles. The molecule has 31 heavy (non-hydrogen) atoms. The number of alkyl halides is 3. The van der Waals surface area contributed by atoms with Crippen LogP contribution in [0, 0.1) is 0 Å². The molecule has 0 aliphatic heterocycles. The van der Waals surface area contributed by atoms with Gasteiger partial charge in [0.25, 0.3) is 5.91 Å². The molecule has 3 rings (SSSR count). The standard InChI is InChI=1S/C20H16ClF3N4O.C2H6/c1-12(2)26-14-8-13(21)9-15(10-14)27-19(29)17-11-25-28(18(17)20(22,23)24)16-6-4-3-5-7-16;1-2/h3-11,26H,1H2,2H3,(H,27,29);1-2H3. The minimum Gasteiger partial charge on any atom is -0.360 e. The van der Waals surface area contributed by atoms with E-state index in [0.717, 1.165) is 6.20 Å². The molecule has 0 spiro atoms. The Balaban J connectivity index is 0.00000166. The predicted molar refractivity (Wildman–Crippen MR) is 118 cm³/mol. The first-order valence-corrected chi connectivity index (χ1v) is 9.78. The lowest BCUT2D eigenvalue weighted by Crippen LogP contribution is -2.20. The van der Waals surface area contributed by atoms with E-state index in [-0.39, 0.29) is 11.4 Å². The highest BCUT2D eigenvalue weighted by Gasteiger charge is 2.40. The Morgan fingerprint density at radius 2 is 1.65 bits per heavy atom. The second-order valence-corrected chi connectivity index (χ2v) is 6.68. The van der Waals surface area contributed by atoms with Gasteiger partial charge < -0.3 is 10.6 Å². The zero-order valence-electron chi connectivity index (χ0n) is 17.2. The Bertz CT molecular complexity index is 1060. The van der Waals surface area contributed by atoms with E-state index < -0.39 is 23.3 Å². The molecule has 1 amide bonds. The van der Waals surface area contributed by atoms with Crippen LogP contribution in [0.3, 0.4) is 0 Å². The minimum atomic E-state index is -4.79. The van der Waals surface area contributed by atoms with Gasteiger partial charge in [-0.25, -0.2) is 4.68 Å². The molecule has 9 heteroatoms. The van der Waals surface area contributed by atoms with E-state index in [0.29, 0.717) is 21.1 Å². The van der Waals surface area contributed by atoms with Crippen molar-refractivity contribution < 1.29 is 18.0 Å². The van der Waals surface area contributed by atoms with Gasteiger partial charge in [0.15, 0.2) is 5.69 Å². The number of rotatable bonds is 5. The molecule has 0 aliphatic rings. The fraction of sp³-hybridized carbons (Fsp3) is 0.182. The highest BCUT2D eigenvalue weighted by Crippen LogP contribution is 2.34. The largest absolute Gasteiger partial charge is 0.434 e. The molecular formula is C22H22ClF3N4O. The summed E-state index contributed by atoms with van der Waals surface area (Å²) in [5.74, 6) is -0.956. The van der Waals surface area contributed by atoms with Crippen molar-refractivity contribution in [2.45, 2.75) is 26.9 Å². The van der Waals surface area contributed by atoms with Gasteiger partial charge in [0.05, 0.1) is 17.4 Å². The van der Waals surface area contributed by atoms with Crippen LogP contribution in [0.25, 0.3) is 5.69 Å². The number of amides is 1. The third-order valence-corrected chi connectivity index (χ3v) is 4.01. The average Bonchev–Trinajstić information content (AvgIpc) is 3.15. The molecule has 0 bridgehead atoms. The van der Waals surface area contributed by atoms with Gasteiger partial charge in [-0.05, 0) is 37.3 Å². The minimum absolute atomic E-state index is 0.189. The van der Waals surface area contributed by atoms with Crippen molar-refractivity contribution in [1.82, 2.24) is 9.78 Å². The topological polar surface area (TPSA) is 58.9 Å². The lowest BCUT2D eigenvalue weighted by atomic mass is 10.2. The SMILES string of the molecule is C=C(C)Nc1cc(Cl)cc(NC(=O)c2cnn(-c3ccccc3)c2C(F)(F)F)c1.CC. The number of hydrogen-bond donors (Lipinski definition) is 2. The van der Waals surface area contributed by atoms with Crippen LogP contribution in [-0.2, 0) is 6.18 Å². The molecule has 3 aromatic rings. The Kier molecular flexibility index (Phi) is 7.88. The third-order valence-electron chi connectivity index (χ3n) is 3.80. The molecule has 2 aromatic carbocycles. The van der Waals surface area contributed by atoms with Gasteiger partial charge in [-0.2, -0.15) is 18.3 Å². The number of carbonyl (C=O) groups is 1. The van der Waals surface area contributed by atoms with Crippen LogP contribution in [0.2, 0.25) is 5.02 Å². The molecule has 164 valence electrons. The summed E-state index contributed by atoms with van der Waals surface area (Å²) in [7, 11) is 0. The van der Waals surface area contributed by atoms with Crippen molar-refractivity contribution in [2.75, 3.05) is 10.6 Å². The second-order valence-electron chi connectivity index (χ2n) is 6.24. The summed E-state index contributed by atoms with van der Waals surface area (Å²) < 4.78 is 41.8. The fourth-order valence-corrected chi connectivity index (χ4v) is 2.97. The normalized spacial score (nSPS) is 10.7. The van der Waals surface area contributed by atoms with Crippen molar-refractivity contribution in [2.24, 2.45) is 0 Å². The van der Waals surface area contributed by atoms with Crippen LogP contribution in [0.5, 0.6) is 0 Å². The van der Waals surface area contributed by atoms with Crippen LogP contribution >= 0.6 is 11.6 Å². The predicted octanol–water partition coefficient (Wildman–Crippen LogP) is 6.77. The van der Waals surface area contributed by atoms with Crippen molar-refractivity contribution in [3.05, 3.63) is 83.3 Å². The van der Waals surface area contributed by atoms with E-state index in [9.17, 15) is 18.0 Å². The van der Waals surface area contributed by atoms with E-state index in [2.05, 4.69) is 22.3 Å². The monoisotopic (exact) mass is 450 g/mol. The Morgan fingerprint density at radius 1 is 1.06 bits per heavy atom. The molecular weight excluding hydrogens is 429 g/mol. The Hall–Kier alpha value is -3.26. The summed E-state index contributed by atoms with van der Waals surface area (Å²) >= 11 is 6.03.